The summed E-state index contributed by atoms with van der Waals surface area (Å²) in [5.41, 5.74) is 5.28. The zero-order valence-electron chi connectivity index (χ0n) is 20.7. The van der Waals surface area contributed by atoms with E-state index in [1.807, 2.05) is 79.7 Å². The van der Waals surface area contributed by atoms with Crippen molar-refractivity contribution in [1.82, 2.24) is 19.9 Å². The summed E-state index contributed by atoms with van der Waals surface area (Å²) in [6.45, 7) is 1.89. The number of aliphatic carboxylic acids is 1. The number of imidazole rings is 1. The quantitative estimate of drug-likeness (QED) is 0.134. The van der Waals surface area contributed by atoms with E-state index in [9.17, 15) is 18.0 Å². The highest BCUT2D eigenvalue weighted by molar-refractivity contribution is 7.98. The number of H-pyrrole nitrogens is 1. The summed E-state index contributed by atoms with van der Waals surface area (Å²) in [5.74, 6) is -0.677. The lowest BCUT2D eigenvalue weighted by Gasteiger charge is -2.01. The molecule has 0 amide bonds. The summed E-state index contributed by atoms with van der Waals surface area (Å²) in [6, 6.07) is 22.7. The number of fused-ring (bicyclic) bond motifs is 4. The molecule has 0 radical (unpaired) electrons. The second kappa shape index (κ2) is 10.8. The Hall–Kier alpha value is -4.71. The van der Waals surface area contributed by atoms with E-state index in [4.69, 9.17) is 14.3 Å². The van der Waals surface area contributed by atoms with Gasteiger partial charge in [0.15, 0.2) is 11.4 Å². The van der Waals surface area contributed by atoms with Crippen molar-refractivity contribution >= 4 is 56.6 Å². The maximum Gasteiger partial charge on any atom is 0.490 e. The second-order valence-corrected chi connectivity index (χ2v) is 9.52. The summed E-state index contributed by atoms with van der Waals surface area (Å²) >= 11 is 1.55. The smallest absolute Gasteiger partial charge is 0.475 e. The van der Waals surface area contributed by atoms with Gasteiger partial charge in [0.25, 0.3) is 0 Å². The Bertz CT molecular complexity index is 1870. The Morgan fingerprint density at radius 3 is 2.38 bits per heavy atom. The normalized spacial score (nSPS) is 11.5. The zero-order chi connectivity index (χ0) is 28.4. The lowest BCUT2D eigenvalue weighted by atomic mass is 10.0. The molecule has 2 N–H and O–H groups in total. The van der Waals surface area contributed by atoms with Crippen LogP contribution in [-0.4, -0.2) is 43.0 Å². The molecule has 0 unspecified atom stereocenters. The molecule has 0 bridgehead atoms. The molecule has 40 heavy (non-hydrogen) atoms. The summed E-state index contributed by atoms with van der Waals surface area (Å²) in [6.07, 6.45) is -5.08. The lowest BCUT2D eigenvalue weighted by Crippen LogP contribution is -2.21. The Morgan fingerprint density at radius 2 is 1.65 bits per heavy atom. The van der Waals surface area contributed by atoms with E-state index in [0.29, 0.717) is 28.3 Å². The van der Waals surface area contributed by atoms with Gasteiger partial charge in [-0.3, -0.25) is 4.79 Å². The molecule has 6 aromatic rings. The number of aromatic nitrogens is 4. The van der Waals surface area contributed by atoms with E-state index < -0.39 is 12.1 Å². The second-order valence-electron chi connectivity index (χ2n) is 8.55. The minimum atomic E-state index is -5.08. The molecule has 0 fully saturated rings. The van der Waals surface area contributed by atoms with Crippen LogP contribution in [-0.2, 0) is 10.5 Å². The highest BCUT2D eigenvalue weighted by Gasteiger charge is 2.38. The maximum absolute atomic E-state index is 12.8. The standard InChI is InChI=1S/C26H18N4O2S.C2HF3O2/c1-15-27-23-18-9-5-6-10-21(18)32-25(23)26(28-15)33-14-22-29-19-12-11-17(13-20(19)30-22)24(31)16-7-3-2-4-8-16;3-2(4,5)1(6)7/h2-13H,14H2,1H3,(H,29,30);(H,6,7). The van der Waals surface area contributed by atoms with Crippen LogP contribution in [0.15, 0.2) is 82.2 Å². The molecule has 0 aliphatic heterocycles. The number of carboxylic acid groups (broad SMARTS) is 1. The molecule has 3 aromatic heterocycles. The van der Waals surface area contributed by atoms with Crippen LogP contribution < -0.4 is 0 Å². The van der Waals surface area contributed by atoms with Gasteiger partial charge >= 0.3 is 12.1 Å². The van der Waals surface area contributed by atoms with Gasteiger partial charge in [-0.15, -0.1) is 0 Å². The third-order valence-corrected chi connectivity index (χ3v) is 6.69. The van der Waals surface area contributed by atoms with Gasteiger partial charge in [0.05, 0.1) is 16.8 Å². The van der Waals surface area contributed by atoms with Gasteiger partial charge < -0.3 is 14.5 Å². The number of rotatable bonds is 5. The van der Waals surface area contributed by atoms with Gasteiger partial charge in [0, 0.05) is 16.5 Å². The number of thioether (sulfide) groups is 1. The predicted octanol–water partition coefficient (Wildman–Crippen LogP) is 6.72. The van der Waals surface area contributed by atoms with Crippen molar-refractivity contribution in [3.05, 3.63) is 95.6 Å². The first kappa shape index (κ1) is 26.9. The molecular weight excluding hydrogens is 545 g/mol. The van der Waals surface area contributed by atoms with Crippen molar-refractivity contribution < 1.29 is 32.3 Å². The van der Waals surface area contributed by atoms with Crippen LogP contribution in [0.2, 0.25) is 0 Å². The predicted molar refractivity (Wildman–Crippen MR) is 143 cm³/mol. The van der Waals surface area contributed by atoms with E-state index in [2.05, 4.69) is 19.9 Å². The third-order valence-electron chi connectivity index (χ3n) is 5.72. The molecule has 202 valence electrons. The lowest BCUT2D eigenvalue weighted by molar-refractivity contribution is -0.192. The van der Waals surface area contributed by atoms with Gasteiger partial charge in [-0.2, -0.15) is 13.2 Å². The number of ketones is 1. The number of nitrogens with one attached hydrogen (secondary N) is 1. The first-order chi connectivity index (χ1) is 19.1. The number of halogens is 3. The average molecular weight is 565 g/mol. The van der Waals surface area contributed by atoms with Crippen molar-refractivity contribution in [2.75, 3.05) is 0 Å². The monoisotopic (exact) mass is 564 g/mol. The molecule has 0 atom stereocenters. The van der Waals surface area contributed by atoms with E-state index in [1.54, 1.807) is 11.8 Å². The third kappa shape index (κ3) is 5.66. The maximum atomic E-state index is 12.8. The molecule has 0 saturated heterocycles. The molecule has 3 aromatic carbocycles. The summed E-state index contributed by atoms with van der Waals surface area (Å²) < 4.78 is 37.8. The SMILES string of the molecule is Cc1nc(SCc2nc3ccc(C(=O)c4ccccc4)cc3[nH]2)c2oc3ccccc3c2n1.O=C(O)C(F)(F)F. The number of alkyl halides is 3. The van der Waals surface area contributed by atoms with Gasteiger partial charge in [0.2, 0.25) is 0 Å². The Labute approximate surface area is 228 Å². The number of para-hydroxylation sites is 1. The first-order valence-corrected chi connectivity index (χ1v) is 12.8. The van der Waals surface area contributed by atoms with Crippen molar-refractivity contribution in [1.29, 1.82) is 0 Å². The van der Waals surface area contributed by atoms with Crippen LogP contribution in [0.5, 0.6) is 0 Å². The fourth-order valence-electron chi connectivity index (χ4n) is 3.94. The highest BCUT2D eigenvalue weighted by Crippen LogP contribution is 2.34. The van der Waals surface area contributed by atoms with E-state index in [-0.39, 0.29) is 5.78 Å². The number of aromatic amines is 1. The Balaban J connectivity index is 0.000000411. The molecule has 0 saturated carbocycles. The van der Waals surface area contributed by atoms with Gasteiger partial charge in [-0.05, 0) is 37.3 Å². The van der Waals surface area contributed by atoms with Crippen LogP contribution >= 0.6 is 11.8 Å². The van der Waals surface area contributed by atoms with Crippen LogP contribution in [0.25, 0.3) is 33.1 Å². The Kier molecular flexibility index (Phi) is 7.26. The number of hydrogen-bond donors (Lipinski definition) is 2. The topological polar surface area (TPSA) is 122 Å². The molecule has 12 heteroatoms. The van der Waals surface area contributed by atoms with E-state index in [1.165, 1.54) is 0 Å². The van der Waals surface area contributed by atoms with Crippen LogP contribution in [0.3, 0.4) is 0 Å². The number of benzene rings is 3. The number of carbonyl (C=O) groups is 2. The van der Waals surface area contributed by atoms with Gasteiger partial charge in [0.1, 0.15) is 27.8 Å². The van der Waals surface area contributed by atoms with Crippen molar-refractivity contribution in [3.63, 3.8) is 0 Å². The minimum absolute atomic E-state index is 0.00763. The number of hydrogen-bond acceptors (Lipinski definition) is 7. The largest absolute Gasteiger partial charge is 0.490 e. The Morgan fingerprint density at radius 1 is 0.950 bits per heavy atom. The molecule has 0 aliphatic rings. The zero-order valence-corrected chi connectivity index (χ0v) is 21.5. The van der Waals surface area contributed by atoms with Crippen molar-refractivity contribution in [2.24, 2.45) is 0 Å². The highest BCUT2D eigenvalue weighted by atomic mass is 32.2. The molecular formula is C28H19F3N4O4S. The fraction of sp³-hybridized carbons (Fsp3) is 0.107. The number of nitrogens with zero attached hydrogens (tertiary/aromatic N) is 3. The van der Waals surface area contributed by atoms with Crippen molar-refractivity contribution in [2.45, 2.75) is 23.9 Å². The number of furan rings is 1. The molecule has 3 heterocycles. The number of carbonyl (C=O) groups excluding carboxylic acids is 1. The minimum Gasteiger partial charge on any atom is -0.475 e. The van der Waals surface area contributed by atoms with E-state index in [0.717, 1.165) is 38.4 Å². The molecule has 0 aliphatic carbocycles. The number of carboxylic acids is 1. The average Bonchev–Trinajstić information content (AvgIpc) is 3.52. The van der Waals surface area contributed by atoms with Gasteiger partial charge in [-0.1, -0.05) is 54.2 Å². The summed E-state index contributed by atoms with van der Waals surface area (Å²) in [7, 11) is 0. The first-order valence-electron chi connectivity index (χ1n) is 11.8. The van der Waals surface area contributed by atoms with Crippen LogP contribution in [0.4, 0.5) is 13.2 Å². The van der Waals surface area contributed by atoms with Crippen LogP contribution in [0, 0.1) is 6.92 Å². The summed E-state index contributed by atoms with van der Waals surface area (Å²) in [5, 5.41) is 8.90. The summed E-state index contributed by atoms with van der Waals surface area (Å²) in [4.78, 5) is 38.9. The number of aryl methyl sites for hydroxylation is 1. The van der Waals surface area contributed by atoms with Crippen LogP contribution in [0.1, 0.15) is 27.6 Å². The van der Waals surface area contributed by atoms with Crippen molar-refractivity contribution in [3.8, 4) is 0 Å². The molecule has 0 spiro atoms. The fourth-order valence-corrected chi connectivity index (χ4v) is 4.81. The van der Waals surface area contributed by atoms with E-state index >= 15 is 0 Å². The molecule has 6 rings (SSSR count). The molecule has 8 nitrogen and oxygen atoms in total. The van der Waals surface area contributed by atoms with Gasteiger partial charge in [-0.25, -0.2) is 19.7 Å².